The fourth-order valence-corrected chi connectivity index (χ4v) is 3.76. The van der Waals surface area contributed by atoms with E-state index in [0.717, 1.165) is 12.8 Å². The Balaban J connectivity index is 1.40. The predicted octanol–water partition coefficient (Wildman–Crippen LogP) is 5.28. The molecule has 0 bridgehead atoms. The van der Waals surface area contributed by atoms with Crippen molar-refractivity contribution >= 4 is 5.91 Å². The van der Waals surface area contributed by atoms with Gasteiger partial charge in [0.25, 0.3) is 5.91 Å². The number of aromatic nitrogens is 2. The van der Waals surface area contributed by atoms with Crippen LogP contribution in [0.3, 0.4) is 0 Å². The maximum atomic E-state index is 13.4. The van der Waals surface area contributed by atoms with Crippen LogP contribution in [0, 0.1) is 0 Å². The maximum Gasteiger partial charge on any atom is 0.573 e. The number of alkyl halides is 3. The molecular formula is C23H20F3N3O4. The summed E-state index contributed by atoms with van der Waals surface area (Å²) >= 11 is 0. The third-order valence-electron chi connectivity index (χ3n) is 5.60. The molecule has 0 unspecified atom stereocenters. The first-order chi connectivity index (χ1) is 15.6. The van der Waals surface area contributed by atoms with Crippen LogP contribution in [0.1, 0.15) is 54.7 Å². The van der Waals surface area contributed by atoms with E-state index in [0.29, 0.717) is 40.1 Å². The molecule has 0 spiro atoms. The number of ether oxygens (including phenoxy) is 2. The van der Waals surface area contributed by atoms with Crippen molar-refractivity contribution in [1.29, 1.82) is 0 Å². The number of benzene rings is 2. The molecule has 0 radical (unpaired) electrons. The molecule has 1 aliphatic heterocycles. The van der Waals surface area contributed by atoms with Crippen molar-refractivity contribution in [3.63, 3.8) is 0 Å². The van der Waals surface area contributed by atoms with E-state index in [9.17, 15) is 18.0 Å². The molecule has 2 heterocycles. The smallest absolute Gasteiger partial charge is 0.468 e. The van der Waals surface area contributed by atoms with Crippen LogP contribution in [0.5, 0.6) is 11.5 Å². The van der Waals surface area contributed by atoms with Gasteiger partial charge in [-0.3, -0.25) is 9.69 Å². The summed E-state index contributed by atoms with van der Waals surface area (Å²) in [4.78, 5) is 19.3. The molecule has 1 amide bonds. The zero-order chi connectivity index (χ0) is 23.4. The highest BCUT2D eigenvalue weighted by molar-refractivity contribution is 5.99. The second-order valence-corrected chi connectivity index (χ2v) is 8.55. The summed E-state index contributed by atoms with van der Waals surface area (Å²) < 4.78 is 52.5. The fraction of sp³-hybridized carbons (Fsp3) is 0.348. The maximum absolute atomic E-state index is 13.4. The molecule has 10 heteroatoms. The van der Waals surface area contributed by atoms with Gasteiger partial charge in [0.1, 0.15) is 11.5 Å². The normalized spacial score (nSPS) is 17.5. The Morgan fingerprint density at radius 1 is 1.12 bits per heavy atom. The van der Waals surface area contributed by atoms with Gasteiger partial charge in [-0.25, -0.2) is 0 Å². The van der Waals surface area contributed by atoms with E-state index in [1.807, 2.05) is 0 Å². The van der Waals surface area contributed by atoms with E-state index in [-0.39, 0.29) is 18.2 Å². The van der Waals surface area contributed by atoms with Gasteiger partial charge >= 0.3 is 6.36 Å². The second-order valence-electron chi connectivity index (χ2n) is 8.55. The minimum Gasteiger partial charge on any atom is -0.468 e. The first kappa shape index (κ1) is 21.3. The van der Waals surface area contributed by atoms with Crippen LogP contribution >= 0.6 is 0 Å². The number of rotatable bonds is 5. The molecule has 7 nitrogen and oxygen atoms in total. The molecule has 2 aromatic carbocycles. The van der Waals surface area contributed by atoms with E-state index in [4.69, 9.17) is 9.26 Å². The Kier molecular flexibility index (Phi) is 4.84. The second kappa shape index (κ2) is 7.50. The van der Waals surface area contributed by atoms with Gasteiger partial charge in [0.2, 0.25) is 5.89 Å². The van der Waals surface area contributed by atoms with Crippen molar-refractivity contribution in [2.45, 2.75) is 51.2 Å². The highest BCUT2D eigenvalue weighted by Crippen LogP contribution is 2.40. The molecule has 1 aliphatic carbocycles. The Labute approximate surface area is 187 Å². The number of halogens is 3. The quantitative estimate of drug-likeness (QED) is 0.516. The van der Waals surface area contributed by atoms with Crippen molar-refractivity contribution in [2.75, 3.05) is 0 Å². The number of hydrogen-bond donors (Lipinski definition) is 0. The number of nitrogens with zero attached hydrogens (tertiary/aromatic N) is 3. The summed E-state index contributed by atoms with van der Waals surface area (Å²) in [6, 6.07) is 10.5. The lowest BCUT2D eigenvalue weighted by atomic mass is 9.99. The summed E-state index contributed by atoms with van der Waals surface area (Å²) in [5.74, 6) is 1.15. The van der Waals surface area contributed by atoms with E-state index in [1.54, 1.807) is 32.0 Å². The van der Waals surface area contributed by atoms with Gasteiger partial charge in [0.05, 0.1) is 12.1 Å². The van der Waals surface area contributed by atoms with E-state index < -0.39 is 12.1 Å². The summed E-state index contributed by atoms with van der Waals surface area (Å²) in [5, 5.41) is 4.00. The van der Waals surface area contributed by atoms with E-state index >= 15 is 0 Å². The molecule has 0 atom stereocenters. The van der Waals surface area contributed by atoms with Crippen molar-refractivity contribution in [2.24, 2.45) is 0 Å². The minimum absolute atomic E-state index is 0.120. The summed E-state index contributed by atoms with van der Waals surface area (Å²) in [7, 11) is 0. The van der Waals surface area contributed by atoms with Gasteiger partial charge in [0.15, 0.2) is 11.5 Å². The summed E-state index contributed by atoms with van der Waals surface area (Å²) in [6.45, 7) is 3.68. The average molecular weight is 459 g/mol. The summed E-state index contributed by atoms with van der Waals surface area (Å²) in [6.07, 6.45) is -2.71. The van der Waals surface area contributed by atoms with Gasteiger partial charge in [-0.05, 0) is 62.1 Å². The molecule has 1 fully saturated rings. The van der Waals surface area contributed by atoms with Crippen LogP contribution in [0.25, 0.3) is 11.1 Å². The Morgan fingerprint density at radius 2 is 1.82 bits per heavy atom. The molecule has 1 aromatic heterocycles. The van der Waals surface area contributed by atoms with Crippen molar-refractivity contribution in [3.05, 3.63) is 59.7 Å². The third kappa shape index (κ3) is 4.37. The van der Waals surface area contributed by atoms with Crippen molar-refractivity contribution in [1.82, 2.24) is 15.0 Å². The Bertz CT molecular complexity index is 1200. The third-order valence-corrected chi connectivity index (χ3v) is 5.60. The van der Waals surface area contributed by atoms with Crippen LogP contribution in [-0.2, 0) is 6.54 Å². The Hall–Kier alpha value is -3.56. The number of carbonyl (C=O) groups excluding carboxylic acids is 1. The van der Waals surface area contributed by atoms with Crippen LogP contribution in [0.15, 0.2) is 47.0 Å². The van der Waals surface area contributed by atoms with Gasteiger partial charge < -0.3 is 14.0 Å². The minimum atomic E-state index is -4.76. The molecule has 33 heavy (non-hydrogen) atoms. The van der Waals surface area contributed by atoms with Gasteiger partial charge in [-0.15, -0.1) is 13.2 Å². The number of carbonyl (C=O) groups is 1. The molecule has 1 saturated carbocycles. The molecule has 172 valence electrons. The van der Waals surface area contributed by atoms with E-state index in [2.05, 4.69) is 14.9 Å². The zero-order valence-corrected chi connectivity index (χ0v) is 17.8. The first-order valence-electron chi connectivity index (χ1n) is 10.4. The lowest BCUT2D eigenvalue weighted by Crippen LogP contribution is -2.54. The zero-order valence-electron chi connectivity index (χ0n) is 17.8. The largest absolute Gasteiger partial charge is 0.573 e. The number of fused-ring (bicyclic) bond motifs is 1. The van der Waals surface area contributed by atoms with E-state index in [1.165, 1.54) is 29.2 Å². The van der Waals surface area contributed by atoms with Crippen LogP contribution < -0.4 is 9.47 Å². The highest BCUT2D eigenvalue weighted by atomic mass is 19.4. The number of amides is 1. The first-order valence-corrected chi connectivity index (χ1v) is 10.4. The molecule has 2 aliphatic rings. The summed E-state index contributed by atoms with van der Waals surface area (Å²) in [5.41, 5.74) is 0.680. The highest BCUT2D eigenvalue weighted by Gasteiger charge is 2.41. The van der Waals surface area contributed by atoms with Crippen molar-refractivity contribution in [3.8, 4) is 22.6 Å². The lowest BCUT2D eigenvalue weighted by Gasteiger charge is -2.42. The number of hydrogen-bond acceptors (Lipinski definition) is 6. The average Bonchev–Trinajstić information content (AvgIpc) is 3.48. The van der Waals surface area contributed by atoms with Crippen LogP contribution in [0.2, 0.25) is 0 Å². The molecule has 0 N–H and O–H groups in total. The molecular weight excluding hydrogens is 439 g/mol. The van der Waals surface area contributed by atoms with Gasteiger partial charge in [-0.2, -0.15) is 4.98 Å². The molecule has 5 rings (SSSR count). The van der Waals surface area contributed by atoms with Crippen LogP contribution in [-0.4, -0.2) is 33.0 Å². The predicted molar refractivity (Wildman–Crippen MR) is 109 cm³/mol. The SMILES string of the molecule is CC1(C)Oc2ccc(-c3ccc(OC(F)(F)F)cc3)cc2C(=O)N1Cc1noc(C2CC2)n1. The monoisotopic (exact) mass is 459 g/mol. The van der Waals surface area contributed by atoms with Gasteiger partial charge in [0, 0.05) is 5.92 Å². The van der Waals surface area contributed by atoms with Crippen molar-refractivity contribution < 1.29 is 32.0 Å². The standard InChI is InChI=1S/C23H20F3N3O4/c1-22(2)29(12-19-27-20(33-28-19)14-3-4-14)21(30)17-11-15(7-10-18(17)32-22)13-5-8-16(9-6-13)31-23(24,25)26/h5-11,14H,3-4,12H2,1-2H3. The van der Waals surface area contributed by atoms with Crippen LogP contribution in [0.4, 0.5) is 13.2 Å². The fourth-order valence-electron chi connectivity index (χ4n) is 3.76. The lowest BCUT2D eigenvalue weighted by molar-refractivity contribution is -0.274. The van der Waals surface area contributed by atoms with Gasteiger partial charge in [-0.1, -0.05) is 23.4 Å². The molecule has 3 aromatic rings. The Morgan fingerprint density at radius 3 is 2.48 bits per heavy atom. The topological polar surface area (TPSA) is 77.7 Å². The molecule has 0 saturated heterocycles.